The van der Waals surface area contributed by atoms with Crippen LogP contribution in [0, 0.1) is 6.92 Å². The number of aromatic nitrogens is 4. The molecule has 2 N–H and O–H groups in total. The first-order chi connectivity index (χ1) is 11.1. The molecule has 23 heavy (non-hydrogen) atoms. The van der Waals surface area contributed by atoms with Crippen LogP contribution in [0.25, 0.3) is 5.82 Å². The first-order valence-electron chi connectivity index (χ1n) is 6.78. The van der Waals surface area contributed by atoms with Crippen LogP contribution in [0.4, 0.5) is 5.82 Å². The molecule has 0 saturated heterocycles. The van der Waals surface area contributed by atoms with Crippen molar-refractivity contribution in [1.29, 1.82) is 0 Å². The van der Waals surface area contributed by atoms with E-state index >= 15 is 0 Å². The largest absolute Gasteiger partial charge is 0.289 e. The Morgan fingerprint density at radius 2 is 2.09 bits per heavy atom. The molecule has 0 bridgehead atoms. The van der Waals surface area contributed by atoms with Gasteiger partial charge < -0.3 is 0 Å². The van der Waals surface area contributed by atoms with E-state index in [-0.39, 0.29) is 5.91 Å². The van der Waals surface area contributed by atoms with E-state index in [4.69, 9.17) is 0 Å². The first-order valence-corrected chi connectivity index (χ1v) is 7.57. The van der Waals surface area contributed by atoms with Crippen LogP contribution in [-0.4, -0.2) is 25.7 Å². The summed E-state index contributed by atoms with van der Waals surface area (Å²) < 4.78 is 2.67. The van der Waals surface area contributed by atoms with Gasteiger partial charge in [-0.25, -0.2) is 4.98 Å². The van der Waals surface area contributed by atoms with Gasteiger partial charge in [0.25, 0.3) is 5.91 Å². The van der Waals surface area contributed by atoms with Crippen molar-refractivity contribution in [3.8, 4) is 5.82 Å². The average molecular weight is 373 g/mol. The summed E-state index contributed by atoms with van der Waals surface area (Å²) in [5.74, 6) is 0.843. The standard InChI is InChI=1S/C15H13BrN6O/c1-10-8-11(16)2-3-12(10)15(23)21-19-13-4-5-14(20-18-13)22-7-6-17-9-22/h2-9H,1H3,(H,18,19)(H,21,23). The van der Waals surface area contributed by atoms with Crippen LogP contribution in [0.1, 0.15) is 15.9 Å². The molecule has 116 valence electrons. The number of imidazole rings is 1. The van der Waals surface area contributed by atoms with E-state index in [0.717, 1.165) is 10.0 Å². The minimum Gasteiger partial charge on any atom is -0.289 e. The molecule has 0 atom stereocenters. The van der Waals surface area contributed by atoms with Crippen molar-refractivity contribution >= 4 is 27.7 Å². The molecular weight excluding hydrogens is 360 g/mol. The highest BCUT2D eigenvalue weighted by Crippen LogP contribution is 2.15. The predicted octanol–water partition coefficient (Wildman–Crippen LogP) is 2.49. The molecule has 0 saturated carbocycles. The Balaban J connectivity index is 1.65. The number of anilines is 1. The fourth-order valence-corrected chi connectivity index (χ4v) is 2.47. The van der Waals surface area contributed by atoms with Crippen molar-refractivity contribution in [3.63, 3.8) is 0 Å². The monoisotopic (exact) mass is 372 g/mol. The molecule has 1 aromatic carbocycles. The summed E-state index contributed by atoms with van der Waals surface area (Å²) in [5, 5.41) is 8.06. The highest BCUT2D eigenvalue weighted by Gasteiger charge is 2.09. The summed E-state index contributed by atoms with van der Waals surface area (Å²) >= 11 is 3.37. The number of halogens is 1. The van der Waals surface area contributed by atoms with Gasteiger partial charge in [-0.05, 0) is 42.8 Å². The van der Waals surface area contributed by atoms with Gasteiger partial charge in [0.1, 0.15) is 6.33 Å². The third-order valence-electron chi connectivity index (χ3n) is 3.16. The van der Waals surface area contributed by atoms with Crippen LogP contribution >= 0.6 is 15.9 Å². The lowest BCUT2D eigenvalue weighted by molar-refractivity contribution is 0.0962. The fourth-order valence-electron chi connectivity index (χ4n) is 1.99. The second kappa shape index (κ2) is 6.57. The molecule has 0 radical (unpaired) electrons. The molecule has 0 aliphatic carbocycles. The van der Waals surface area contributed by atoms with Crippen molar-refractivity contribution in [2.45, 2.75) is 6.92 Å². The Labute approximate surface area is 140 Å². The smallest absolute Gasteiger partial charge is 0.269 e. The lowest BCUT2D eigenvalue weighted by Crippen LogP contribution is -2.30. The summed E-state index contributed by atoms with van der Waals surface area (Å²) in [5.41, 5.74) is 6.81. The van der Waals surface area contributed by atoms with Gasteiger partial charge in [0, 0.05) is 22.4 Å². The minimum absolute atomic E-state index is 0.240. The van der Waals surface area contributed by atoms with Gasteiger partial charge in [-0.2, -0.15) is 0 Å². The lowest BCUT2D eigenvalue weighted by atomic mass is 10.1. The number of hydrogen-bond donors (Lipinski definition) is 2. The van der Waals surface area contributed by atoms with Crippen molar-refractivity contribution in [2.24, 2.45) is 0 Å². The van der Waals surface area contributed by atoms with Crippen LogP contribution in [-0.2, 0) is 0 Å². The third-order valence-corrected chi connectivity index (χ3v) is 3.65. The number of nitrogens with zero attached hydrogens (tertiary/aromatic N) is 4. The van der Waals surface area contributed by atoms with Gasteiger partial charge in [-0.1, -0.05) is 15.9 Å². The van der Waals surface area contributed by atoms with E-state index < -0.39 is 0 Å². The summed E-state index contributed by atoms with van der Waals surface area (Å²) in [7, 11) is 0. The predicted molar refractivity (Wildman–Crippen MR) is 89.1 cm³/mol. The van der Waals surface area contributed by atoms with E-state index in [2.05, 4.69) is 42.0 Å². The number of nitrogens with one attached hydrogen (secondary N) is 2. The Morgan fingerprint density at radius 1 is 1.22 bits per heavy atom. The first kappa shape index (κ1) is 15.2. The Kier molecular flexibility index (Phi) is 4.33. The number of hydrogen-bond acceptors (Lipinski definition) is 5. The molecule has 0 spiro atoms. The Hall–Kier alpha value is -2.74. The SMILES string of the molecule is Cc1cc(Br)ccc1C(=O)NNc1ccc(-n2ccnc2)nn1. The Bertz CT molecular complexity index is 816. The van der Waals surface area contributed by atoms with E-state index in [9.17, 15) is 4.79 Å². The quantitative estimate of drug-likeness (QED) is 0.687. The summed E-state index contributed by atoms with van der Waals surface area (Å²) in [4.78, 5) is 16.1. The van der Waals surface area contributed by atoms with E-state index in [0.29, 0.717) is 17.2 Å². The van der Waals surface area contributed by atoms with Crippen molar-refractivity contribution < 1.29 is 4.79 Å². The topological polar surface area (TPSA) is 84.7 Å². The molecule has 2 aromatic heterocycles. The average Bonchev–Trinajstić information content (AvgIpc) is 3.07. The molecule has 1 amide bonds. The van der Waals surface area contributed by atoms with E-state index in [1.54, 1.807) is 41.5 Å². The van der Waals surface area contributed by atoms with Gasteiger partial charge in [0.05, 0.1) is 0 Å². The maximum Gasteiger partial charge on any atom is 0.269 e. The fraction of sp³-hybridized carbons (Fsp3) is 0.0667. The molecule has 0 fully saturated rings. The lowest BCUT2D eigenvalue weighted by Gasteiger charge is -2.09. The zero-order valence-electron chi connectivity index (χ0n) is 12.2. The molecule has 3 aromatic rings. The minimum atomic E-state index is -0.240. The number of carbonyl (C=O) groups is 1. The van der Waals surface area contributed by atoms with Gasteiger partial charge in [0.2, 0.25) is 0 Å². The number of hydrazine groups is 1. The van der Waals surface area contributed by atoms with Crippen LogP contribution in [0.3, 0.4) is 0 Å². The highest BCUT2D eigenvalue weighted by atomic mass is 79.9. The molecule has 7 nitrogen and oxygen atoms in total. The Morgan fingerprint density at radius 3 is 2.74 bits per heavy atom. The van der Waals surface area contributed by atoms with Crippen LogP contribution in [0.15, 0.2) is 53.5 Å². The third kappa shape index (κ3) is 3.54. The summed E-state index contributed by atoms with van der Waals surface area (Å²) in [6.07, 6.45) is 5.07. The second-order valence-electron chi connectivity index (χ2n) is 4.79. The molecule has 3 rings (SSSR count). The van der Waals surface area contributed by atoms with Gasteiger partial charge in [-0.3, -0.25) is 20.2 Å². The van der Waals surface area contributed by atoms with Crippen LogP contribution in [0.2, 0.25) is 0 Å². The van der Waals surface area contributed by atoms with Gasteiger partial charge >= 0.3 is 0 Å². The van der Waals surface area contributed by atoms with Gasteiger partial charge in [0.15, 0.2) is 11.6 Å². The molecular formula is C15H13BrN6O. The zero-order chi connectivity index (χ0) is 16.2. The number of carbonyl (C=O) groups excluding carboxylic acids is 1. The normalized spacial score (nSPS) is 10.3. The molecule has 0 aliphatic heterocycles. The van der Waals surface area contributed by atoms with Crippen molar-refractivity contribution in [1.82, 2.24) is 25.2 Å². The highest BCUT2D eigenvalue weighted by molar-refractivity contribution is 9.10. The van der Waals surface area contributed by atoms with Gasteiger partial charge in [-0.15, -0.1) is 10.2 Å². The second-order valence-corrected chi connectivity index (χ2v) is 5.70. The zero-order valence-corrected chi connectivity index (χ0v) is 13.8. The summed E-state index contributed by atoms with van der Waals surface area (Å²) in [6, 6.07) is 8.95. The maximum atomic E-state index is 12.2. The molecule has 8 heteroatoms. The van der Waals surface area contributed by atoms with E-state index in [1.807, 2.05) is 19.1 Å². The number of aryl methyl sites for hydroxylation is 1. The number of benzene rings is 1. The van der Waals surface area contributed by atoms with Crippen LogP contribution in [0.5, 0.6) is 0 Å². The molecule has 0 aliphatic rings. The summed E-state index contributed by atoms with van der Waals surface area (Å²) in [6.45, 7) is 1.87. The number of amides is 1. The van der Waals surface area contributed by atoms with Crippen molar-refractivity contribution in [2.75, 3.05) is 5.43 Å². The molecule has 0 unspecified atom stereocenters. The molecule has 2 heterocycles. The number of rotatable bonds is 4. The van der Waals surface area contributed by atoms with Crippen LogP contribution < -0.4 is 10.9 Å². The van der Waals surface area contributed by atoms with E-state index in [1.165, 1.54) is 0 Å². The van der Waals surface area contributed by atoms with Crippen molar-refractivity contribution in [3.05, 3.63) is 64.7 Å². The maximum absolute atomic E-state index is 12.2.